The highest BCUT2D eigenvalue weighted by molar-refractivity contribution is 6.42. The van der Waals surface area contributed by atoms with Crippen molar-refractivity contribution in [2.45, 2.75) is 19.1 Å². The number of benzene rings is 1. The molecule has 0 aliphatic carbocycles. The Hall–Kier alpha value is -0.320. The molecule has 0 saturated carbocycles. The molecule has 0 amide bonds. The standard InChI is InChI=1S/C14H20Cl2N2O/c1-3-18-6-7-19-13(9-18)14(17-2)10-4-5-11(15)12(16)8-10/h4-5,8,13-14,17H,3,6-7,9H2,1-2H3. The summed E-state index contributed by atoms with van der Waals surface area (Å²) in [4.78, 5) is 2.40. The summed E-state index contributed by atoms with van der Waals surface area (Å²) in [6, 6.07) is 5.89. The van der Waals surface area contributed by atoms with Crippen LogP contribution in [0.15, 0.2) is 18.2 Å². The molecule has 0 spiro atoms. The van der Waals surface area contributed by atoms with Crippen molar-refractivity contribution in [1.29, 1.82) is 0 Å². The highest BCUT2D eigenvalue weighted by Gasteiger charge is 2.28. The molecule has 1 aliphatic rings. The number of halogens is 2. The molecule has 5 heteroatoms. The Kier molecular flexibility index (Phi) is 5.48. The van der Waals surface area contributed by atoms with Crippen LogP contribution in [0.1, 0.15) is 18.5 Å². The van der Waals surface area contributed by atoms with E-state index >= 15 is 0 Å². The highest BCUT2D eigenvalue weighted by Crippen LogP contribution is 2.28. The van der Waals surface area contributed by atoms with Gasteiger partial charge < -0.3 is 10.1 Å². The van der Waals surface area contributed by atoms with Gasteiger partial charge in [0.25, 0.3) is 0 Å². The molecule has 1 heterocycles. The van der Waals surface area contributed by atoms with E-state index in [2.05, 4.69) is 17.1 Å². The fourth-order valence-corrected chi connectivity index (χ4v) is 2.80. The molecule has 1 aliphatic heterocycles. The number of rotatable bonds is 4. The Morgan fingerprint density at radius 2 is 2.21 bits per heavy atom. The minimum Gasteiger partial charge on any atom is -0.374 e. The van der Waals surface area contributed by atoms with Gasteiger partial charge >= 0.3 is 0 Å². The third kappa shape index (κ3) is 3.61. The van der Waals surface area contributed by atoms with Crippen LogP contribution in [-0.2, 0) is 4.74 Å². The fraction of sp³-hybridized carbons (Fsp3) is 0.571. The third-order valence-corrected chi connectivity index (χ3v) is 4.35. The number of morpholine rings is 1. The van der Waals surface area contributed by atoms with Crippen molar-refractivity contribution in [3.05, 3.63) is 33.8 Å². The number of nitrogens with one attached hydrogen (secondary N) is 1. The molecule has 2 unspecified atom stereocenters. The average molecular weight is 303 g/mol. The summed E-state index contributed by atoms with van der Waals surface area (Å²) in [5.74, 6) is 0. The lowest BCUT2D eigenvalue weighted by molar-refractivity contribution is -0.0444. The smallest absolute Gasteiger partial charge is 0.0896 e. The van der Waals surface area contributed by atoms with Crippen molar-refractivity contribution in [3.8, 4) is 0 Å². The lowest BCUT2D eigenvalue weighted by Gasteiger charge is -2.36. The van der Waals surface area contributed by atoms with Gasteiger partial charge in [-0.25, -0.2) is 0 Å². The van der Waals surface area contributed by atoms with E-state index in [0.717, 1.165) is 31.8 Å². The van der Waals surface area contributed by atoms with Gasteiger partial charge in [-0.15, -0.1) is 0 Å². The first-order valence-electron chi connectivity index (χ1n) is 6.62. The monoisotopic (exact) mass is 302 g/mol. The second kappa shape index (κ2) is 6.91. The Bertz CT molecular complexity index is 428. The molecule has 2 atom stereocenters. The van der Waals surface area contributed by atoms with E-state index < -0.39 is 0 Å². The first-order valence-corrected chi connectivity index (χ1v) is 7.37. The van der Waals surface area contributed by atoms with Crippen molar-refractivity contribution >= 4 is 23.2 Å². The number of hydrogen-bond donors (Lipinski definition) is 1. The van der Waals surface area contributed by atoms with Gasteiger partial charge in [-0.2, -0.15) is 0 Å². The van der Waals surface area contributed by atoms with Gasteiger partial charge in [0.15, 0.2) is 0 Å². The molecule has 0 radical (unpaired) electrons. The highest BCUT2D eigenvalue weighted by atomic mass is 35.5. The molecule has 1 fully saturated rings. The summed E-state index contributed by atoms with van der Waals surface area (Å²) < 4.78 is 5.91. The number of likely N-dealkylation sites (N-methyl/N-ethyl adjacent to an activating group) is 2. The molecule has 3 nitrogen and oxygen atoms in total. The van der Waals surface area contributed by atoms with Crippen molar-refractivity contribution in [3.63, 3.8) is 0 Å². The zero-order chi connectivity index (χ0) is 13.8. The van der Waals surface area contributed by atoms with E-state index in [4.69, 9.17) is 27.9 Å². The second-order valence-electron chi connectivity index (χ2n) is 4.74. The van der Waals surface area contributed by atoms with E-state index in [-0.39, 0.29) is 12.1 Å². The predicted octanol–water partition coefficient (Wildman–Crippen LogP) is 2.97. The van der Waals surface area contributed by atoms with Crippen molar-refractivity contribution in [2.24, 2.45) is 0 Å². The summed E-state index contributed by atoms with van der Waals surface area (Å²) in [5, 5.41) is 4.50. The van der Waals surface area contributed by atoms with Crippen LogP contribution in [0.3, 0.4) is 0 Å². The largest absolute Gasteiger partial charge is 0.374 e. The van der Waals surface area contributed by atoms with Gasteiger partial charge in [0.2, 0.25) is 0 Å². The van der Waals surface area contributed by atoms with Gasteiger partial charge in [0.05, 0.1) is 28.8 Å². The van der Waals surface area contributed by atoms with Crippen LogP contribution in [0.25, 0.3) is 0 Å². The molecule has 0 aromatic heterocycles. The number of ether oxygens (including phenoxy) is 1. The van der Waals surface area contributed by atoms with Crippen LogP contribution in [0, 0.1) is 0 Å². The summed E-state index contributed by atoms with van der Waals surface area (Å²) in [6.07, 6.45) is 0.135. The minimum atomic E-state index is 0.129. The van der Waals surface area contributed by atoms with Gasteiger partial charge in [-0.05, 0) is 31.3 Å². The molecule has 1 aromatic carbocycles. The Morgan fingerprint density at radius 3 is 2.84 bits per heavy atom. The first-order chi connectivity index (χ1) is 9.15. The normalized spacial score (nSPS) is 22.4. The SMILES string of the molecule is CCN1CCOC(C(NC)c2ccc(Cl)c(Cl)c2)C1. The summed E-state index contributed by atoms with van der Waals surface area (Å²) in [7, 11) is 1.95. The maximum absolute atomic E-state index is 6.10. The molecule has 1 saturated heterocycles. The minimum absolute atomic E-state index is 0.129. The van der Waals surface area contributed by atoms with Gasteiger partial charge in [-0.1, -0.05) is 36.2 Å². The molecule has 2 rings (SSSR count). The van der Waals surface area contributed by atoms with Gasteiger partial charge in [0.1, 0.15) is 0 Å². The maximum Gasteiger partial charge on any atom is 0.0896 e. The molecule has 19 heavy (non-hydrogen) atoms. The first kappa shape index (κ1) is 15.1. The summed E-state index contributed by atoms with van der Waals surface area (Å²) in [6.45, 7) is 5.94. The Balaban J connectivity index is 2.16. The second-order valence-corrected chi connectivity index (χ2v) is 5.56. The lowest BCUT2D eigenvalue weighted by Crippen LogP contribution is -2.47. The van der Waals surface area contributed by atoms with Crippen LogP contribution in [-0.4, -0.2) is 44.3 Å². The zero-order valence-electron chi connectivity index (χ0n) is 11.3. The maximum atomic E-state index is 6.10. The molecule has 0 bridgehead atoms. The van der Waals surface area contributed by atoms with Crippen molar-refractivity contribution < 1.29 is 4.74 Å². The van der Waals surface area contributed by atoms with Gasteiger partial charge in [-0.3, -0.25) is 4.90 Å². The fourth-order valence-electron chi connectivity index (χ4n) is 2.49. The summed E-state index contributed by atoms with van der Waals surface area (Å²) in [5.41, 5.74) is 1.11. The van der Waals surface area contributed by atoms with Crippen molar-refractivity contribution in [1.82, 2.24) is 10.2 Å². The molecule has 106 valence electrons. The van der Waals surface area contributed by atoms with Crippen molar-refractivity contribution in [2.75, 3.05) is 33.3 Å². The quantitative estimate of drug-likeness (QED) is 0.925. The van der Waals surface area contributed by atoms with E-state index in [9.17, 15) is 0 Å². The average Bonchev–Trinajstić information content (AvgIpc) is 2.44. The Morgan fingerprint density at radius 1 is 1.42 bits per heavy atom. The predicted molar refractivity (Wildman–Crippen MR) is 80.1 cm³/mol. The van der Waals surface area contributed by atoms with Crippen LogP contribution in [0.4, 0.5) is 0 Å². The topological polar surface area (TPSA) is 24.5 Å². The molecular weight excluding hydrogens is 283 g/mol. The zero-order valence-corrected chi connectivity index (χ0v) is 12.8. The van der Waals surface area contributed by atoms with Gasteiger partial charge in [0, 0.05) is 13.1 Å². The van der Waals surface area contributed by atoms with Crippen LogP contribution in [0.5, 0.6) is 0 Å². The lowest BCUT2D eigenvalue weighted by atomic mass is 10.00. The molecular formula is C14H20Cl2N2O. The number of nitrogens with zero attached hydrogens (tertiary/aromatic N) is 1. The van der Waals surface area contributed by atoms with Crippen LogP contribution in [0.2, 0.25) is 10.0 Å². The Labute approximate surface area is 124 Å². The molecule has 1 N–H and O–H groups in total. The van der Waals surface area contributed by atoms with E-state index in [1.807, 2.05) is 25.2 Å². The van der Waals surface area contributed by atoms with Crippen LogP contribution < -0.4 is 5.32 Å². The van der Waals surface area contributed by atoms with E-state index in [1.54, 1.807) is 0 Å². The molecule has 1 aromatic rings. The van der Waals surface area contributed by atoms with E-state index in [1.165, 1.54) is 0 Å². The van der Waals surface area contributed by atoms with Crippen LogP contribution >= 0.6 is 23.2 Å². The summed E-state index contributed by atoms with van der Waals surface area (Å²) >= 11 is 12.1. The van der Waals surface area contributed by atoms with E-state index in [0.29, 0.717) is 10.0 Å². The third-order valence-electron chi connectivity index (χ3n) is 3.61. The number of hydrogen-bond acceptors (Lipinski definition) is 3.